The Kier molecular flexibility index (Phi) is 6.83. The Bertz CT molecular complexity index is 1080. The molecule has 1 saturated carbocycles. The molecule has 9 heteroatoms. The largest absolute Gasteiger partial charge is 0.394 e. The Morgan fingerprint density at radius 2 is 2.09 bits per heavy atom. The molecule has 0 radical (unpaired) electrons. The maximum absolute atomic E-state index is 12.0. The van der Waals surface area contributed by atoms with Gasteiger partial charge in [0.2, 0.25) is 5.91 Å². The Labute approximate surface area is 191 Å². The van der Waals surface area contributed by atoms with E-state index in [1.807, 2.05) is 32.0 Å². The van der Waals surface area contributed by atoms with Crippen LogP contribution in [0.5, 0.6) is 0 Å². The highest BCUT2D eigenvalue weighted by molar-refractivity contribution is 6.27. The van der Waals surface area contributed by atoms with Crippen molar-refractivity contribution in [2.24, 2.45) is 0 Å². The highest BCUT2D eigenvalue weighted by Gasteiger charge is 2.29. The van der Waals surface area contributed by atoms with Gasteiger partial charge in [-0.3, -0.25) is 4.79 Å². The topological polar surface area (TPSA) is 102 Å². The smallest absolute Gasteiger partial charge is 0.235 e. The molecule has 1 amide bonds. The number of benzene rings is 1. The van der Waals surface area contributed by atoms with Crippen molar-refractivity contribution in [3.05, 3.63) is 35.5 Å². The molecule has 2 heterocycles. The predicted octanol–water partition coefficient (Wildman–Crippen LogP) is 3.83. The number of carbonyl (C=O) groups excluding carboxylic acids is 1. The lowest BCUT2D eigenvalue weighted by Gasteiger charge is -2.31. The van der Waals surface area contributed by atoms with Crippen molar-refractivity contribution in [2.45, 2.75) is 57.7 Å². The number of nitrogens with zero attached hydrogens (tertiary/aromatic N) is 3. The number of aromatic nitrogens is 3. The minimum atomic E-state index is -0.642. The Morgan fingerprint density at radius 3 is 2.69 bits per heavy atom. The van der Waals surface area contributed by atoms with E-state index in [1.165, 1.54) is 0 Å². The van der Waals surface area contributed by atoms with E-state index in [1.54, 1.807) is 7.11 Å². The zero-order valence-corrected chi connectivity index (χ0v) is 19.4. The summed E-state index contributed by atoms with van der Waals surface area (Å²) in [7, 11) is 1.75. The van der Waals surface area contributed by atoms with Crippen LogP contribution in [0.25, 0.3) is 22.2 Å². The lowest BCUT2D eigenvalue weighted by Crippen LogP contribution is -2.34. The molecule has 0 saturated heterocycles. The zero-order valence-electron chi connectivity index (χ0n) is 18.6. The van der Waals surface area contributed by atoms with Crippen molar-refractivity contribution in [3.8, 4) is 11.1 Å². The van der Waals surface area contributed by atoms with Crippen LogP contribution in [0.15, 0.2) is 22.7 Å². The van der Waals surface area contributed by atoms with Crippen LogP contribution in [0.1, 0.15) is 55.0 Å². The number of aliphatic hydroxyl groups is 1. The number of nitrogens with one attached hydrogen (secondary N) is 1. The Balaban J connectivity index is 1.81. The molecular weight excluding hydrogens is 432 g/mol. The molecule has 0 aliphatic heterocycles. The molecule has 2 N–H and O–H groups in total. The van der Waals surface area contributed by atoms with Crippen LogP contribution in [0.3, 0.4) is 0 Å². The molecule has 1 atom stereocenters. The van der Waals surface area contributed by atoms with E-state index < -0.39 is 6.04 Å². The van der Waals surface area contributed by atoms with Gasteiger partial charge in [-0.05, 0) is 57.2 Å². The van der Waals surface area contributed by atoms with Crippen LogP contribution in [0.4, 0.5) is 0 Å². The predicted molar refractivity (Wildman–Crippen MR) is 122 cm³/mol. The number of carbonyl (C=O) groups is 1. The lowest BCUT2D eigenvalue weighted by molar-refractivity contribution is -0.119. The number of halogens is 1. The van der Waals surface area contributed by atoms with Gasteiger partial charge in [-0.1, -0.05) is 11.2 Å². The molecule has 3 aromatic rings. The van der Waals surface area contributed by atoms with Crippen molar-refractivity contribution >= 4 is 28.5 Å². The third kappa shape index (κ3) is 4.27. The fourth-order valence-corrected chi connectivity index (χ4v) is 4.84. The summed E-state index contributed by atoms with van der Waals surface area (Å²) in [6, 6.07) is 5.67. The van der Waals surface area contributed by atoms with Gasteiger partial charge in [-0.2, -0.15) is 0 Å². The maximum atomic E-state index is 12.0. The molecule has 172 valence electrons. The summed E-state index contributed by atoms with van der Waals surface area (Å²) in [6.07, 6.45) is 4.04. The third-order valence-corrected chi connectivity index (χ3v) is 6.57. The minimum Gasteiger partial charge on any atom is -0.394 e. The van der Waals surface area contributed by atoms with E-state index in [0.717, 1.165) is 59.3 Å². The molecule has 4 rings (SSSR count). The molecule has 2 aromatic heterocycles. The normalized spacial score (nSPS) is 19.9. The van der Waals surface area contributed by atoms with Gasteiger partial charge in [-0.25, -0.2) is 4.98 Å². The summed E-state index contributed by atoms with van der Waals surface area (Å²) < 4.78 is 13.1. The Hall–Kier alpha value is -2.42. The number of rotatable bonds is 7. The summed E-state index contributed by atoms with van der Waals surface area (Å²) in [5.74, 6) is 0.870. The molecule has 1 aromatic carbocycles. The first-order valence-corrected chi connectivity index (χ1v) is 11.4. The van der Waals surface area contributed by atoms with Crippen molar-refractivity contribution in [2.75, 3.05) is 19.6 Å². The molecule has 8 nitrogen and oxygen atoms in total. The summed E-state index contributed by atoms with van der Waals surface area (Å²) >= 11 is 5.70. The molecule has 0 spiro atoms. The summed E-state index contributed by atoms with van der Waals surface area (Å²) in [4.78, 5) is 16.9. The number of methoxy groups -OCH3 is 1. The first kappa shape index (κ1) is 22.8. The second-order valence-corrected chi connectivity index (χ2v) is 8.61. The number of amides is 1. The minimum absolute atomic E-state index is 0.175. The molecule has 0 unspecified atom stereocenters. The van der Waals surface area contributed by atoms with Crippen LogP contribution < -0.4 is 5.32 Å². The van der Waals surface area contributed by atoms with Gasteiger partial charge in [-0.15, -0.1) is 11.6 Å². The van der Waals surface area contributed by atoms with Gasteiger partial charge in [0, 0.05) is 18.7 Å². The highest BCUT2D eigenvalue weighted by Crippen LogP contribution is 2.37. The number of aliphatic hydroxyl groups excluding tert-OH is 1. The van der Waals surface area contributed by atoms with Gasteiger partial charge in [0.15, 0.2) is 0 Å². The van der Waals surface area contributed by atoms with Gasteiger partial charge in [0.1, 0.15) is 23.5 Å². The van der Waals surface area contributed by atoms with Crippen LogP contribution in [-0.2, 0) is 9.53 Å². The summed E-state index contributed by atoms with van der Waals surface area (Å²) in [6.45, 7) is 3.54. The lowest BCUT2D eigenvalue weighted by atomic mass is 9.92. The van der Waals surface area contributed by atoms with E-state index in [4.69, 9.17) is 25.8 Å². The maximum Gasteiger partial charge on any atom is 0.235 e. The van der Waals surface area contributed by atoms with E-state index in [-0.39, 0.29) is 30.5 Å². The monoisotopic (exact) mass is 460 g/mol. The van der Waals surface area contributed by atoms with E-state index in [0.29, 0.717) is 5.82 Å². The number of aryl methyl sites for hydroxylation is 2. The SMILES string of the molecule is COC1CCC(n2c([C@H](CO)NC(=O)CCl)nc3cc(-c4c(C)noc4C)ccc32)CC1. The number of hydrogen-bond acceptors (Lipinski definition) is 6. The zero-order chi connectivity index (χ0) is 22.8. The van der Waals surface area contributed by atoms with Crippen LogP contribution in [0.2, 0.25) is 0 Å². The van der Waals surface area contributed by atoms with Crippen LogP contribution in [-0.4, -0.2) is 51.4 Å². The molecule has 1 fully saturated rings. The van der Waals surface area contributed by atoms with E-state index in [2.05, 4.69) is 15.0 Å². The van der Waals surface area contributed by atoms with Crippen molar-refractivity contribution in [1.29, 1.82) is 0 Å². The summed E-state index contributed by atoms with van der Waals surface area (Å²) in [5, 5.41) is 16.9. The second kappa shape index (κ2) is 9.60. The number of hydrogen-bond donors (Lipinski definition) is 2. The average Bonchev–Trinajstić information content (AvgIpc) is 3.36. The van der Waals surface area contributed by atoms with E-state index >= 15 is 0 Å². The third-order valence-electron chi connectivity index (χ3n) is 6.33. The standard InChI is InChI=1S/C23H29ClN4O4/c1-13-22(14(2)32-27-13)15-4-9-20-18(10-15)26-23(19(12-29)25-21(30)11-24)28(20)16-5-7-17(31-3)8-6-16/h4,9-10,16-17,19,29H,5-8,11-12H2,1-3H3,(H,25,30)/t16?,17?,19-/m0/s1. The quantitative estimate of drug-likeness (QED) is 0.519. The molecular formula is C23H29ClN4O4. The molecule has 1 aliphatic rings. The number of ether oxygens (including phenoxy) is 1. The summed E-state index contributed by atoms with van der Waals surface area (Å²) in [5.41, 5.74) is 4.51. The van der Waals surface area contributed by atoms with Crippen LogP contribution in [0, 0.1) is 13.8 Å². The fourth-order valence-electron chi connectivity index (χ4n) is 4.76. The number of imidazole rings is 1. The average molecular weight is 461 g/mol. The second-order valence-electron chi connectivity index (χ2n) is 8.35. The molecule has 32 heavy (non-hydrogen) atoms. The molecule has 1 aliphatic carbocycles. The molecule has 0 bridgehead atoms. The number of alkyl halides is 1. The fraction of sp³-hybridized carbons (Fsp3) is 0.522. The number of fused-ring (bicyclic) bond motifs is 1. The van der Waals surface area contributed by atoms with Gasteiger partial charge < -0.3 is 24.3 Å². The van der Waals surface area contributed by atoms with Crippen LogP contribution >= 0.6 is 11.6 Å². The Morgan fingerprint density at radius 1 is 1.34 bits per heavy atom. The first-order valence-electron chi connectivity index (χ1n) is 10.9. The first-order chi connectivity index (χ1) is 15.5. The van der Waals surface area contributed by atoms with Gasteiger partial charge >= 0.3 is 0 Å². The van der Waals surface area contributed by atoms with Gasteiger partial charge in [0.25, 0.3) is 0 Å². The van der Waals surface area contributed by atoms with Crippen molar-refractivity contribution in [1.82, 2.24) is 20.0 Å². The van der Waals surface area contributed by atoms with E-state index in [9.17, 15) is 9.90 Å². The highest BCUT2D eigenvalue weighted by atomic mass is 35.5. The van der Waals surface area contributed by atoms with Crippen molar-refractivity contribution < 1.29 is 19.2 Å². The van der Waals surface area contributed by atoms with Crippen molar-refractivity contribution in [3.63, 3.8) is 0 Å². The van der Waals surface area contributed by atoms with Gasteiger partial charge in [0.05, 0.1) is 29.4 Å².